The molecule has 2 aliphatic heterocycles. The van der Waals surface area contributed by atoms with Crippen LogP contribution in [0.5, 0.6) is 0 Å². The molecule has 3 aromatic carbocycles. The average Bonchev–Trinajstić information content (AvgIpc) is 2.99. The third-order valence-electron chi connectivity index (χ3n) is 7.82. The van der Waals surface area contributed by atoms with Crippen LogP contribution in [-0.4, -0.2) is 42.7 Å². The summed E-state index contributed by atoms with van der Waals surface area (Å²) in [5.41, 5.74) is 1.46. The van der Waals surface area contributed by atoms with Gasteiger partial charge in [0.1, 0.15) is 0 Å². The zero-order chi connectivity index (χ0) is 26.1. The van der Waals surface area contributed by atoms with Gasteiger partial charge in [-0.25, -0.2) is 4.39 Å². The Kier molecular flexibility index (Phi) is 9.20. The SMILES string of the molecule is FC1(C(OCc2ccccc2)(OCc2ccccc2)C2CCCNC2)CCN(OCc2ccccc2)CC1. The molecule has 5 rings (SSSR count). The van der Waals surface area contributed by atoms with Crippen LogP contribution in [0.15, 0.2) is 91.0 Å². The van der Waals surface area contributed by atoms with E-state index in [-0.39, 0.29) is 18.8 Å². The monoisotopic (exact) mass is 518 g/mol. The third-order valence-corrected chi connectivity index (χ3v) is 7.82. The Morgan fingerprint density at radius 1 is 0.763 bits per heavy atom. The minimum absolute atomic E-state index is 0.106. The maximum atomic E-state index is 17.5. The molecule has 6 heteroatoms. The topological polar surface area (TPSA) is 43.0 Å². The summed E-state index contributed by atoms with van der Waals surface area (Å²) in [6.07, 6.45) is 2.39. The molecule has 1 unspecified atom stereocenters. The van der Waals surface area contributed by atoms with Gasteiger partial charge >= 0.3 is 0 Å². The number of hydrogen-bond donors (Lipinski definition) is 1. The van der Waals surface area contributed by atoms with Crippen LogP contribution in [-0.2, 0) is 34.1 Å². The first-order valence-corrected chi connectivity index (χ1v) is 13.8. The highest BCUT2D eigenvalue weighted by Gasteiger charge is 2.60. The standard InChI is InChI=1S/C32H39FN2O3/c33-31(18-21-35(22-19-31)38-26-29-15-8-3-9-16-29)32(30-17-10-20-34-23-30,36-24-27-11-4-1-5-12-27)37-25-28-13-6-2-7-14-28/h1-9,11-16,30,34H,10,17-26H2. The van der Waals surface area contributed by atoms with Crippen molar-refractivity contribution in [2.45, 2.75) is 57.0 Å². The lowest BCUT2D eigenvalue weighted by molar-refractivity contribution is -0.353. The number of alkyl halides is 1. The first-order chi connectivity index (χ1) is 18.7. The fourth-order valence-electron chi connectivity index (χ4n) is 5.67. The number of nitrogens with one attached hydrogen (secondary N) is 1. The zero-order valence-electron chi connectivity index (χ0n) is 22.1. The minimum Gasteiger partial charge on any atom is -0.342 e. The second kappa shape index (κ2) is 13.0. The summed E-state index contributed by atoms with van der Waals surface area (Å²) in [6.45, 7) is 3.64. The van der Waals surface area contributed by atoms with Crippen molar-refractivity contribution in [2.24, 2.45) is 5.92 Å². The molecule has 0 spiro atoms. The molecule has 2 aliphatic rings. The van der Waals surface area contributed by atoms with Crippen LogP contribution < -0.4 is 5.32 Å². The first-order valence-electron chi connectivity index (χ1n) is 13.8. The molecule has 0 bridgehead atoms. The summed E-state index contributed by atoms with van der Waals surface area (Å²) in [7, 11) is 0. The second-order valence-electron chi connectivity index (χ2n) is 10.4. The molecule has 0 aromatic heterocycles. The third kappa shape index (κ3) is 6.50. The maximum Gasteiger partial charge on any atom is 0.207 e. The van der Waals surface area contributed by atoms with E-state index in [4.69, 9.17) is 14.3 Å². The Hall–Kier alpha value is -2.61. The highest BCUT2D eigenvalue weighted by atomic mass is 19.1. The number of ether oxygens (including phenoxy) is 2. The number of nitrogens with zero attached hydrogens (tertiary/aromatic N) is 1. The van der Waals surface area contributed by atoms with Crippen molar-refractivity contribution in [3.05, 3.63) is 108 Å². The zero-order valence-corrected chi connectivity index (χ0v) is 22.1. The summed E-state index contributed by atoms with van der Waals surface area (Å²) in [5, 5.41) is 5.37. The van der Waals surface area contributed by atoms with Crippen LogP contribution in [0.4, 0.5) is 4.39 Å². The molecule has 5 nitrogen and oxygen atoms in total. The minimum atomic E-state index is -1.66. The van der Waals surface area contributed by atoms with Gasteiger partial charge in [0.25, 0.3) is 0 Å². The fourth-order valence-corrected chi connectivity index (χ4v) is 5.67. The van der Waals surface area contributed by atoms with Gasteiger partial charge in [0, 0.05) is 38.4 Å². The van der Waals surface area contributed by atoms with Crippen molar-refractivity contribution >= 4 is 0 Å². The van der Waals surface area contributed by atoms with E-state index < -0.39 is 11.5 Å². The van der Waals surface area contributed by atoms with Gasteiger partial charge < -0.3 is 14.8 Å². The molecule has 1 atom stereocenters. The molecular formula is C32H39FN2O3. The van der Waals surface area contributed by atoms with E-state index in [9.17, 15) is 0 Å². The lowest BCUT2D eigenvalue weighted by Crippen LogP contribution is -2.65. The number of halogens is 1. The molecule has 38 heavy (non-hydrogen) atoms. The van der Waals surface area contributed by atoms with Crippen LogP contribution in [0.25, 0.3) is 0 Å². The molecular weight excluding hydrogens is 479 g/mol. The van der Waals surface area contributed by atoms with E-state index in [1.165, 1.54) is 0 Å². The lowest BCUT2D eigenvalue weighted by Gasteiger charge is -2.52. The molecule has 0 amide bonds. The van der Waals surface area contributed by atoms with Crippen LogP contribution in [0, 0.1) is 5.92 Å². The van der Waals surface area contributed by atoms with Gasteiger partial charge in [-0.1, -0.05) is 91.0 Å². The predicted molar refractivity (Wildman–Crippen MR) is 147 cm³/mol. The Bertz CT molecular complexity index is 1040. The molecule has 3 aromatic rings. The molecule has 0 radical (unpaired) electrons. The maximum absolute atomic E-state index is 17.5. The number of piperidine rings is 2. The summed E-state index contributed by atoms with van der Waals surface area (Å²) >= 11 is 0. The summed E-state index contributed by atoms with van der Waals surface area (Å²) in [6, 6.07) is 30.1. The second-order valence-corrected chi connectivity index (χ2v) is 10.4. The number of hydrogen-bond acceptors (Lipinski definition) is 5. The number of rotatable bonds is 11. The van der Waals surface area contributed by atoms with Crippen LogP contribution in [0.3, 0.4) is 0 Å². The van der Waals surface area contributed by atoms with Crippen molar-refractivity contribution in [3.8, 4) is 0 Å². The Morgan fingerprint density at radius 3 is 1.74 bits per heavy atom. The van der Waals surface area contributed by atoms with E-state index in [2.05, 4.69) is 5.32 Å². The molecule has 1 N–H and O–H groups in total. The van der Waals surface area contributed by atoms with Gasteiger partial charge in [0.2, 0.25) is 5.79 Å². The molecule has 2 saturated heterocycles. The average molecular weight is 519 g/mol. The van der Waals surface area contributed by atoms with Crippen molar-refractivity contribution in [1.29, 1.82) is 0 Å². The van der Waals surface area contributed by atoms with E-state index in [0.29, 0.717) is 39.5 Å². The van der Waals surface area contributed by atoms with E-state index in [0.717, 1.165) is 36.1 Å². The summed E-state index contributed by atoms with van der Waals surface area (Å²) < 4.78 is 30.8. The van der Waals surface area contributed by atoms with Gasteiger partial charge in [-0.2, -0.15) is 5.06 Å². The quantitative estimate of drug-likeness (QED) is 0.313. The Morgan fingerprint density at radius 2 is 1.26 bits per heavy atom. The van der Waals surface area contributed by atoms with Crippen molar-refractivity contribution in [2.75, 3.05) is 26.2 Å². The highest BCUT2D eigenvalue weighted by molar-refractivity contribution is 5.16. The predicted octanol–water partition coefficient (Wildman–Crippen LogP) is 6.05. The Balaban J connectivity index is 1.37. The molecule has 2 heterocycles. The van der Waals surface area contributed by atoms with E-state index in [1.54, 1.807) is 0 Å². The molecule has 202 valence electrons. The molecule has 0 saturated carbocycles. The van der Waals surface area contributed by atoms with Crippen molar-refractivity contribution in [3.63, 3.8) is 0 Å². The fraction of sp³-hybridized carbons (Fsp3) is 0.438. The van der Waals surface area contributed by atoms with Crippen LogP contribution in [0.2, 0.25) is 0 Å². The van der Waals surface area contributed by atoms with Gasteiger partial charge in [0.15, 0.2) is 5.67 Å². The Labute approximate surface area is 225 Å². The normalized spacial score (nSPS) is 20.3. The molecule has 0 aliphatic carbocycles. The van der Waals surface area contributed by atoms with Crippen molar-refractivity contribution in [1.82, 2.24) is 10.4 Å². The van der Waals surface area contributed by atoms with Crippen LogP contribution >= 0.6 is 0 Å². The van der Waals surface area contributed by atoms with Crippen LogP contribution in [0.1, 0.15) is 42.4 Å². The van der Waals surface area contributed by atoms with Gasteiger partial charge in [-0.3, -0.25) is 4.84 Å². The number of benzene rings is 3. The molecule has 2 fully saturated rings. The van der Waals surface area contributed by atoms with E-state index >= 15 is 4.39 Å². The number of hydroxylamine groups is 2. The first kappa shape index (κ1) is 27.0. The van der Waals surface area contributed by atoms with Gasteiger partial charge in [-0.05, 0) is 36.1 Å². The summed E-state index contributed by atoms with van der Waals surface area (Å²) in [5.74, 6) is -1.48. The van der Waals surface area contributed by atoms with E-state index in [1.807, 2.05) is 96.1 Å². The van der Waals surface area contributed by atoms with Crippen molar-refractivity contribution < 1.29 is 18.7 Å². The lowest BCUT2D eigenvalue weighted by atomic mass is 9.75. The van der Waals surface area contributed by atoms with Gasteiger partial charge in [-0.15, -0.1) is 0 Å². The largest absolute Gasteiger partial charge is 0.342 e. The smallest absolute Gasteiger partial charge is 0.207 e. The van der Waals surface area contributed by atoms with Gasteiger partial charge in [0.05, 0.1) is 19.8 Å². The highest BCUT2D eigenvalue weighted by Crippen LogP contribution is 2.47. The summed E-state index contributed by atoms with van der Waals surface area (Å²) in [4.78, 5) is 6.05.